The predicted molar refractivity (Wildman–Crippen MR) is 70.2 cm³/mol. The van der Waals surface area contributed by atoms with Gasteiger partial charge in [0.15, 0.2) is 0 Å². The van der Waals surface area contributed by atoms with Crippen molar-refractivity contribution >= 4 is 5.84 Å². The first-order valence-corrected chi connectivity index (χ1v) is 5.82. The second-order valence-corrected chi connectivity index (χ2v) is 4.44. The van der Waals surface area contributed by atoms with Gasteiger partial charge in [-0.25, -0.2) is 0 Å². The van der Waals surface area contributed by atoms with Gasteiger partial charge in [0.25, 0.3) is 0 Å². The zero-order chi connectivity index (χ0) is 12.8. The molecule has 17 heavy (non-hydrogen) atoms. The summed E-state index contributed by atoms with van der Waals surface area (Å²) in [6, 6.07) is 8.70. The maximum absolute atomic E-state index is 8.51. The highest BCUT2D eigenvalue weighted by atomic mass is 16.4. The molecule has 94 valence electrons. The highest BCUT2D eigenvalue weighted by Crippen LogP contribution is 2.17. The van der Waals surface area contributed by atoms with Gasteiger partial charge in [0.2, 0.25) is 0 Å². The molecule has 4 nitrogen and oxygen atoms in total. The van der Waals surface area contributed by atoms with E-state index < -0.39 is 0 Å². The van der Waals surface area contributed by atoms with E-state index in [-0.39, 0.29) is 17.9 Å². The lowest BCUT2D eigenvalue weighted by Gasteiger charge is -2.21. The molecular weight excluding hydrogens is 214 g/mol. The molecule has 2 atom stereocenters. The summed E-state index contributed by atoms with van der Waals surface area (Å²) in [5.41, 5.74) is 8.02. The average molecular weight is 235 g/mol. The summed E-state index contributed by atoms with van der Waals surface area (Å²) in [7, 11) is 0. The van der Waals surface area contributed by atoms with Crippen LogP contribution in [0.2, 0.25) is 0 Å². The molecule has 0 aromatic heterocycles. The summed E-state index contributed by atoms with van der Waals surface area (Å²) < 4.78 is 0. The van der Waals surface area contributed by atoms with E-state index in [0.717, 1.165) is 0 Å². The molecule has 0 heterocycles. The van der Waals surface area contributed by atoms with Crippen molar-refractivity contribution in [3.8, 4) is 0 Å². The van der Waals surface area contributed by atoms with Crippen molar-refractivity contribution in [3.05, 3.63) is 35.4 Å². The van der Waals surface area contributed by atoms with E-state index in [0.29, 0.717) is 6.42 Å². The molecule has 0 fully saturated rings. The van der Waals surface area contributed by atoms with Crippen molar-refractivity contribution in [1.29, 1.82) is 0 Å². The van der Waals surface area contributed by atoms with Crippen LogP contribution in [0.5, 0.6) is 0 Å². The molecule has 0 aliphatic heterocycles. The predicted octanol–water partition coefficient (Wildman–Crippen LogP) is 2.17. The number of nitrogens with one attached hydrogen (secondary N) is 1. The molecule has 1 aromatic carbocycles. The van der Waals surface area contributed by atoms with Crippen LogP contribution in [0.1, 0.15) is 37.4 Å². The minimum Gasteiger partial charge on any atom is -0.409 e. The quantitative estimate of drug-likeness (QED) is 0.317. The fourth-order valence-electron chi connectivity index (χ4n) is 2.00. The number of nitrogens with zero attached hydrogens (tertiary/aromatic N) is 1. The zero-order valence-corrected chi connectivity index (χ0v) is 10.6. The van der Waals surface area contributed by atoms with Gasteiger partial charge in [-0.15, -0.1) is 0 Å². The van der Waals surface area contributed by atoms with E-state index in [1.807, 2.05) is 19.1 Å². The molecule has 0 radical (unpaired) electrons. The summed E-state index contributed by atoms with van der Waals surface area (Å²) in [5.74, 6) is 0.252. The Labute approximate surface area is 103 Å². The number of amidine groups is 1. The molecule has 0 amide bonds. The maximum Gasteiger partial charge on any atom is 0.140 e. The molecule has 1 aromatic rings. The van der Waals surface area contributed by atoms with Crippen molar-refractivity contribution in [3.63, 3.8) is 0 Å². The molecule has 0 saturated carbocycles. The average Bonchev–Trinajstić information content (AvgIpc) is 2.29. The lowest BCUT2D eigenvalue weighted by molar-refractivity contribution is 0.315. The Balaban J connectivity index is 2.60. The van der Waals surface area contributed by atoms with E-state index >= 15 is 0 Å². The second-order valence-electron chi connectivity index (χ2n) is 4.44. The Bertz CT molecular complexity index is 390. The molecule has 4 N–H and O–H groups in total. The smallest absolute Gasteiger partial charge is 0.140 e. The lowest BCUT2D eigenvalue weighted by Crippen LogP contribution is -2.33. The van der Waals surface area contributed by atoms with Gasteiger partial charge < -0.3 is 16.3 Å². The summed E-state index contributed by atoms with van der Waals surface area (Å²) in [6.45, 7) is 6.24. The van der Waals surface area contributed by atoms with Crippen LogP contribution in [0, 0.1) is 6.92 Å². The van der Waals surface area contributed by atoms with Crippen LogP contribution >= 0.6 is 0 Å². The maximum atomic E-state index is 8.51. The Kier molecular flexibility index (Phi) is 4.97. The summed E-state index contributed by atoms with van der Waals surface area (Å²) in [6.07, 6.45) is 0.534. The standard InChI is InChI=1S/C13H21N3O/c1-9-6-4-5-7-12(9)11(3)15-10(2)8-13(14)16-17/h4-7,10-11,15,17H,8H2,1-3H3,(H2,14,16)/t10?,11-/m1/s1. The van der Waals surface area contributed by atoms with Gasteiger partial charge >= 0.3 is 0 Å². The molecule has 0 spiro atoms. The van der Waals surface area contributed by atoms with Gasteiger partial charge in [0.1, 0.15) is 5.84 Å². The van der Waals surface area contributed by atoms with Crippen LogP contribution in [0.15, 0.2) is 29.4 Å². The Hall–Kier alpha value is -1.55. The SMILES string of the molecule is Cc1ccccc1[C@@H](C)NC(C)C/C(N)=N/O. The summed E-state index contributed by atoms with van der Waals surface area (Å²) in [5, 5.41) is 14.9. The number of benzene rings is 1. The number of oxime groups is 1. The molecular formula is C13H21N3O. The molecule has 0 aliphatic carbocycles. The van der Waals surface area contributed by atoms with Gasteiger partial charge in [-0.2, -0.15) is 0 Å². The third-order valence-electron chi connectivity index (χ3n) is 2.83. The first-order chi connectivity index (χ1) is 8.04. The highest BCUT2D eigenvalue weighted by Gasteiger charge is 2.12. The fraction of sp³-hybridized carbons (Fsp3) is 0.462. The first kappa shape index (κ1) is 13.5. The monoisotopic (exact) mass is 235 g/mol. The van der Waals surface area contributed by atoms with Gasteiger partial charge in [-0.3, -0.25) is 0 Å². The molecule has 0 saturated heterocycles. The first-order valence-electron chi connectivity index (χ1n) is 5.82. The van der Waals surface area contributed by atoms with Gasteiger partial charge in [-0.05, 0) is 31.9 Å². The number of rotatable bonds is 5. The number of nitrogens with two attached hydrogens (primary N) is 1. The summed E-state index contributed by atoms with van der Waals surface area (Å²) >= 11 is 0. The van der Waals surface area contributed by atoms with Gasteiger partial charge in [0.05, 0.1) is 0 Å². The number of aryl methyl sites for hydroxylation is 1. The van der Waals surface area contributed by atoms with Crippen molar-refractivity contribution in [1.82, 2.24) is 5.32 Å². The molecule has 0 bridgehead atoms. The topological polar surface area (TPSA) is 70.6 Å². The third kappa shape index (κ3) is 4.07. The van der Waals surface area contributed by atoms with Crippen LogP contribution in [0.25, 0.3) is 0 Å². The highest BCUT2D eigenvalue weighted by molar-refractivity contribution is 5.80. The van der Waals surface area contributed by atoms with Crippen molar-refractivity contribution < 1.29 is 5.21 Å². The zero-order valence-electron chi connectivity index (χ0n) is 10.6. The van der Waals surface area contributed by atoms with Crippen molar-refractivity contribution in [2.24, 2.45) is 10.9 Å². The Morgan fingerprint density at radius 3 is 2.65 bits per heavy atom. The summed E-state index contributed by atoms with van der Waals surface area (Å²) in [4.78, 5) is 0. The van der Waals surface area contributed by atoms with Crippen LogP contribution < -0.4 is 11.1 Å². The Morgan fingerprint density at radius 1 is 1.41 bits per heavy atom. The van der Waals surface area contributed by atoms with E-state index in [1.165, 1.54) is 11.1 Å². The van der Waals surface area contributed by atoms with Crippen LogP contribution in [-0.4, -0.2) is 17.1 Å². The fourth-order valence-corrected chi connectivity index (χ4v) is 2.00. The minimum absolute atomic E-state index is 0.167. The van der Waals surface area contributed by atoms with Crippen LogP contribution in [0.3, 0.4) is 0 Å². The third-order valence-corrected chi connectivity index (χ3v) is 2.83. The van der Waals surface area contributed by atoms with Gasteiger partial charge in [-0.1, -0.05) is 29.4 Å². The minimum atomic E-state index is 0.167. The van der Waals surface area contributed by atoms with Gasteiger partial charge in [0, 0.05) is 18.5 Å². The van der Waals surface area contributed by atoms with E-state index in [1.54, 1.807) is 0 Å². The lowest BCUT2D eigenvalue weighted by atomic mass is 10.0. The van der Waals surface area contributed by atoms with Crippen molar-refractivity contribution in [2.45, 2.75) is 39.3 Å². The van der Waals surface area contributed by atoms with E-state index in [9.17, 15) is 0 Å². The van der Waals surface area contributed by atoms with Crippen molar-refractivity contribution in [2.75, 3.05) is 0 Å². The molecule has 1 unspecified atom stereocenters. The molecule has 1 rings (SSSR count). The van der Waals surface area contributed by atoms with E-state index in [2.05, 4.69) is 36.5 Å². The Morgan fingerprint density at radius 2 is 2.06 bits per heavy atom. The molecule has 0 aliphatic rings. The normalized spacial score (nSPS) is 15.6. The molecule has 4 heteroatoms. The largest absolute Gasteiger partial charge is 0.409 e. The van der Waals surface area contributed by atoms with Crippen LogP contribution in [-0.2, 0) is 0 Å². The number of hydrogen-bond acceptors (Lipinski definition) is 3. The second kappa shape index (κ2) is 6.25. The van der Waals surface area contributed by atoms with E-state index in [4.69, 9.17) is 10.9 Å². The van der Waals surface area contributed by atoms with Crippen LogP contribution in [0.4, 0.5) is 0 Å². The number of hydrogen-bond donors (Lipinski definition) is 3.